The van der Waals surface area contributed by atoms with Crippen LogP contribution in [0.25, 0.3) is 11.3 Å². The van der Waals surface area contributed by atoms with Crippen LogP contribution < -0.4 is 10.2 Å². The van der Waals surface area contributed by atoms with Gasteiger partial charge < -0.3 is 9.15 Å². The van der Waals surface area contributed by atoms with Crippen molar-refractivity contribution in [2.75, 3.05) is 7.11 Å². The Kier molecular flexibility index (Phi) is 5.50. The lowest BCUT2D eigenvalue weighted by Gasteiger charge is -2.05. The van der Waals surface area contributed by atoms with Gasteiger partial charge >= 0.3 is 0 Å². The Balaban J connectivity index is 1.72. The van der Waals surface area contributed by atoms with E-state index in [1.807, 2.05) is 0 Å². The number of ether oxygens (including phenoxy) is 1. The third kappa shape index (κ3) is 4.07. The fourth-order valence-electron chi connectivity index (χ4n) is 2.58. The molecule has 0 saturated heterocycles. The Morgan fingerprint density at radius 3 is 2.75 bits per heavy atom. The summed E-state index contributed by atoms with van der Waals surface area (Å²) in [6.45, 7) is 1.67. The highest BCUT2D eigenvalue weighted by atomic mass is 16.6. The smallest absolute Gasteiger partial charge is 0.275 e. The first-order chi connectivity index (χ1) is 13.5. The van der Waals surface area contributed by atoms with Crippen LogP contribution in [0.1, 0.15) is 21.7 Å². The zero-order valence-electron chi connectivity index (χ0n) is 15.2. The van der Waals surface area contributed by atoms with E-state index < -0.39 is 10.8 Å². The summed E-state index contributed by atoms with van der Waals surface area (Å²) in [6.07, 6.45) is 1.35. The number of amides is 1. The highest BCUT2D eigenvalue weighted by molar-refractivity contribution is 5.97. The summed E-state index contributed by atoms with van der Waals surface area (Å²) in [5, 5.41) is 15.0. The van der Waals surface area contributed by atoms with Crippen LogP contribution >= 0.6 is 0 Å². The lowest BCUT2D eigenvalue weighted by molar-refractivity contribution is -0.385. The van der Waals surface area contributed by atoms with Gasteiger partial charge in [0.15, 0.2) is 0 Å². The summed E-state index contributed by atoms with van der Waals surface area (Å²) in [5.41, 5.74) is 3.93. The van der Waals surface area contributed by atoms with Gasteiger partial charge in [-0.25, -0.2) is 5.43 Å². The number of para-hydroxylation sites is 1. The molecule has 3 aromatic rings. The van der Waals surface area contributed by atoms with Crippen LogP contribution in [0.2, 0.25) is 0 Å². The molecule has 0 atom stereocenters. The Morgan fingerprint density at radius 2 is 2.00 bits per heavy atom. The number of benzene rings is 2. The van der Waals surface area contributed by atoms with Gasteiger partial charge in [-0.3, -0.25) is 14.9 Å². The minimum absolute atomic E-state index is 0.0215. The number of nitro benzene ring substituents is 1. The number of nitrogens with zero attached hydrogens (tertiary/aromatic N) is 2. The number of carbonyl (C=O) groups excluding carboxylic acids is 1. The van der Waals surface area contributed by atoms with Crippen LogP contribution in [-0.2, 0) is 0 Å². The molecule has 1 N–H and O–H groups in total. The van der Waals surface area contributed by atoms with Crippen molar-refractivity contribution in [1.29, 1.82) is 0 Å². The molecule has 142 valence electrons. The van der Waals surface area contributed by atoms with Gasteiger partial charge in [-0.2, -0.15) is 5.10 Å². The Labute approximate surface area is 160 Å². The fourth-order valence-corrected chi connectivity index (χ4v) is 2.58. The van der Waals surface area contributed by atoms with E-state index in [1.54, 1.807) is 55.5 Å². The van der Waals surface area contributed by atoms with Gasteiger partial charge in [-0.05, 0) is 31.2 Å². The number of hydrogen-bond acceptors (Lipinski definition) is 6. The molecule has 0 aliphatic rings. The van der Waals surface area contributed by atoms with Gasteiger partial charge in [-0.1, -0.05) is 24.3 Å². The first-order valence-corrected chi connectivity index (χ1v) is 8.31. The maximum atomic E-state index is 12.2. The average molecular weight is 379 g/mol. The molecule has 2 aromatic carbocycles. The summed E-state index contributed by atoms with van der Waals surface area (Å²) >= 11 is 0. The van der Waals surface area contributed by atoms with Crippen molar-refractivity contribution in [1.82, 2.24) is 5.43 Å². The van der Waals surface area contributed by atoms with Crippen LogP contribution in [0.15, 0.2) is 64.1 Å². The van der Waals surface area contributed by atoms with E-state index in [9.17, 15) is 14.9 Å². The van der Waals surface area contributed by atoms with Crippen LogP contribution in [0.5, 0.6) is 5.75 Å². The minimum Gasteiger partial charge on any atom is -0.496 e. The number of hydrogen-bond donors (Lipinski definition) is 1. The van der Waals surface area contributed by atoms with Crippen molar-refractivity contribution in [2.45, 2.75) is 6.92 Å². The average Bonchev–Trinajstić information content (AvgIpc) is 3.16. The van der Waals surface area contributed by atoms with Crippen LogP contribution in [-0.4, -0.2) is 24.2 Å². The molecule has 1 aromatic heterocycles. The largest absolute Gasteiger partial charge is 0.496 e. The third-order valence-corrected chi connectivity index (χ3v) is 4.03. The van der Waals surface area contributed by atoms with Crippen molar-refractivity contribution in [3.8, 4) is 17.1 Å². The van der Waals surface area contributed by atoms with Crippen molar-refractivity contribution >= 4 is 17.8 Å². The molecule has 0 radical (unpaired) electrons. The van der Waals surface area contributed by atoms with Crippen LogP contribution in [0.3, 0.4) is 0 Å². The summed E-state index contributed by atoms with van der Waals surface area (Å²) < 4.78 is 10.8. The quantitative estimate of drug-likeness (QED) is 0.397. The summed E-state index contributed by atoms with van der Waals surface area (Å²) in [7, 11) is 1.48. The van der Waals surface area contributed by atoms with E-state index in [4.69, 9.17) is 9.15 Å². The number of hydrazone groups is 1. The molecule has 0 unspecified atom stereocenters. The number of carbonyl (C=O) groups is 1. The van der Waals surface area contributed by atoms with Gasteiger partial charge in [0.1, 0.15) is 17.3 Å². The third-order valence-electron chi connectivity index (χ3n) is 4.03. The number of aryl methyl sites for hydroxylation is 1. The molecule has 0 fully saturated rings. The number of methoxy groups -OCH3 is 1. The van der Waals surface area contributed by atoms with E-state index in [1.165, 1.54) is 19.4 Å². The number of nitrogens with one attached hydrogen (secondary N) is 1. The van der Waals surface area contributed by atoms with E-state index in [-0.39, 0.29) is 5.69 Å². The molecule has 8 heteroatoms. The van der Waals surface area contributed by atoms with Gasteiger partial charge in [0.2, 0.25) is 0 Å². The SMILES string of the molecule is COc1ccccc1C(=O)N/N=C/c1ccc(-c2ccc(C)c([N+](=O)[O-])c2)o1. The van der Waals surface area contributed by atoms with Crippen molar-refractivity contribution in [2.24, 2.45) is 5.10 Å². The molecular weight excluding hydrogens is 362 g/mol. The summed E-state index contributed by atoms with van der Waals surface area (Å²) in [6, 6.07) is 15.0. The molecule has 1 heterocycles. The maximum absolute atomic E-state index is 12.2. The number of furan rings is 1. The highest BCUT2D eigenvalue weighted by Crippen LogP contribution is 2.27. The molecule has 8 nitrogen and oxygen atoms in total. The van der Waals surface area contributed by atoms with Gasteiger partial charge in [0, 0.05) is 17.2 Å². The standard InChI is InChI=1S/C20H17N3O5/c1-13-7-8-14(11-17(13)23(25)26)18-10-9-15(28-18)12-21-22-20(24)16-5-3-4-6-19(16)27-2/h3-12H,1-2H3,(H,22,24)/b21-12+. The fraction of sp³-hybridized carbons (Fsp3) is 0.100. The second kappa shape index (κ2) is 8.17. The highest BCUT2D eigenvalue weighted by Gasteiger charge is 2.14. The van der Waals surface area contributed by atoms with E-state index in [2.05, 4.69) is 10.5 Å². The summed E-state index contributed by atoms with van der Waals surface area (Å²) in [4.78, 5) is 22.8. The molecule has 0 aliphatic carbocycles. The van der Waals surface area contributed by atoms with E-state index >= 15 is 0 Å². The molecule has 1 amide bonds. The van der Waals surface area contributed by atoms with Crippen molar-refractivity contribution in [3.05, 3.63) is 81.6 Å². The number of rotatable bonds is 6. The lowest BCUT2D eigenvalue weighted by Crippen LogP contribution is -2.18. The first kappa shape index (κ1) is 18.8. The van der Waals surface area contributed by atoms with E-state index in [0.29, 0.717) is 34.0 Å². The lowest BCUT2D eigenvalue weighted by atomic mass is 10.1. The molecule has 0 spiro atoms. The maximum Gasteiger partial charge on any atom is 0.275 e. The second-order valence-electron chi connectivity index (χ2n) is 5.86. The number of nitro groups is 1. The van der Waals surface area contributed by atoms with Gasteiger partial charge in [0.05, 0.1) is 23.8 Å². The van der Waals surface area contributed by atoms with Gasteiger partial charge in [-0.15, -0.1) is 0 Å². The zero-order chi connectivity index (χ0) is 20.1. The normalized spacial score (nSPS) is 10.8. The molecular formula is C20H17N3O5. The van der Waals surface area contributed by atoms with Crippen LogP contribution in [0, 0.1) is 17.0 Å². The molecule has 0 saturated carbocycles. The second-order valence-corrected chi connectivity index (χ2v) is 5.86. The van der Waals surface area contributed by atoms with Crippen molar-refractivity contribution in [3.63, 3.8) is 0 Å². The van der Waals surface area contributed by atoms with E-state index in [0.717, 1.165) is 0 Å². The predicted octanol–water partition coefficient (Wildman–Crippen LogP) is 3.94. The molecule has 3 rings (SSSR count). The van der Waals surface area contributed by atoms with Gasteiger partial charge in [0.25, 0.3) is 11.6 Å². The Hall–Kier alpha value is -3.94. The molecule has 28 heavy (non-hydrogen) atoms. The Morgan fingerprint density at radius 1 is 1.21 bits per heavy atom. The molecule has 0 aliphatic heterocycles. The molecule has 0 bridgehead atoms. The monoisotopic (exact) mass is 379 g/mol. The predicted molar refractivity (Wildman–Crippen MR) is 104 cm³/mol. The van der Waals surface area contributed by atoms with Crippen molar-refractivity contribution < 1.29 is 18.9 Å². The minimum atomic E-state index is -0.433. The topological polar surface area (TPSA) is 107 Å². The van der Waals surface area contributed by atoms with Crippen LogP contribution in [0.4, 0.5) is 5.69 Å². The first-order valence-electron chi connectivity index (χ1n) is 8.31. The Bertz CT molecular complexity index is 1060. The summed E-state index contributed by atoms with van der Waals surface area (Å²) in [5.74, 6) is 0.866. The zero-order valence-corrected chi connectivity index (χ0v) is 15.2.